The molecule has 2 aromatic rings. The summed E-state index contributed by atoms with van der Waals surface area (Å²) in [6.07, 6.45) is 3.06. The maximum Gasteiger partial charge on any atom is 0.245 e. The number of nitrogens with one attached hydrogen (secondary N) is 2. The van der Waals surface area contributed by atoms with Gasteiger partial charge in [0.05, 0.1) is 36.8 Å². The first-order valence-electron chi connectivity index (χ1n) is 19.9. The number of aliphatic hydroxyl groups is 1. The molecule has 2 unspecified atom stereocenters. The van der Waals surface area contributed by atoms with Crippen LogP contribution in [0.3, 0.4) is 0 Å². The molecule has 1 aromatic carbocycles. The second kappa shape index (κ2) is 21.2. The minimum Gasteiger partial charge on any atom is -0.379 e. The van der Waals surface area contributed by atoms with E-state index in [1.165, 1.54) is 0 Å². The molecule has 2 heterocycles. The number of carbonyl (C=O) groups excluding carboxylic acids is 3. The first kappa shape index (κ1) is 45.2. The topological polar surface area (TPSA) is 137 Å². The minimum absolute atomic E-state index is 0.0109. The fraction of sp³-hybridized carbons (Fsp3) is 0.714. The number of nitrogens with zero attached hydrogens (tertiary/aromatic N) is 4. The molecule has 3 rings (SSSR count). The molecular formula is C42H70N6O6. The van der Waals surface area contributed by atoms with Crippen LogP contribution in [0.1, 0.15) is 79.8 Å². The van der Waals surface area contributed by atoms with E-state index in [2.05, 4.69) is 41.6 Å². The molecule has 0 saturated carbocycles. The second-order valence-corrected chi connectivity index (χ2v) is 16.2. The average molecular weight is 755 g/mol. The highest BCUT2D eigenvalue weighted by Crippen LogP contribution is 2.30. The molecule has 9 atom stereocenters. The third kappa shape index (κ3) is 11.2. The van der Waals surface area contributed by atoms with Gasteiger partial charge in [-0.2, -0.15) is 0 Å². The number of rotatable bonds is 21. The predicted molar refractivity (Wildman–Crippen MR) is 215 cm³/mol. The lowest BCUT2D eigenvalue weighted by Gasteiger charge is -2.41. The van der Waals surface area contributed by atoms with E-state index in [1.807, 2.05) is 82.9 Å². The summed E-state index contributed by atoms with van der Waals surface area (Å²) < 4.78 is 12.1. The lowest BCUT2D eigenvalue weighted by atomic mass is 9.89. The van der Waals surface area contributed by atoms with Crippen molar-refractivity contribution in [3.63, 3.8) is 0 Å². The van der Waals surface area contributed by atoms with Crippen LogP contribution in [0.2, 0.25) is 0 Å². The Kier molecular flexibility index (Phi) is 17.8. The van der Waals surface area contributed by atoms with Crippen LogP contribution in [0.5, 0.6) is 0 Å². The number of likely N-dealkylation sites (tertiary alicyclic amines) is 1. The van der Waals surface area contributed by atoms with Gasteiger partial charge in [-0.1, -0.05) is 79.2 Å². The minimum atomic E-state index is -0.855. The van der Waals surface area contributed by atoms with E-state index in [1.54, 1.807) is 26.2 Å². The zero-order valence-corrected chi connectivity index (χ0v) is 35.0. The normalized spacial score (nSPS) is 19.4. The smallest absolute Gasteiger partial charge is 0.245 e. The van der Waals surface area contributed by atoms with E-state index >= 15 is 0 Å². The van der Waals surface area contributed by atoms with Crippen LogP contribution >= 0.6 is 0 Å². The van der Waals surface area contributed by atoms with Crippen LogP contribution in [0.25, 0.3) is 10.8 Å². The summed E-state index contributed by atoms with van der Waals surface area (Å²) in [5.41, 5.74) is 0.973. The van der Waals surface area contributed by atoms with Crippen LogP contribution < -0.4 is 10.6 Å². The zero-order valence-electron chi connectivity index (χ0n) is 35.0. The Morgan fingerprint density at radius 2 is 1.69 bits per heavy atom. The number of hydrogen-bond donors (Lipinski definition) is 3. The van der Waals surface area contributed by atoms with Crippen LogP contribution in [0.4, 0.5) is 0 Å². The number of pyridine rings is 1. The number of carbonyl (C=O) groups is 3. The highest BCUT2D eigenvalue weighted by Gasteiger charge is 2.43. The molecule has 0 spiro atoms. The Labute approximate surface area is 324 Å². The van der Waals surface area contributed by atoms with Gasteiger partial charge in [-0.3, -0.25) is 29.6 Å². The molecule has 3 amide bonds. The summed E-state index contributed by atoms with van der Waals surface area (Å²) in [6, 6.07) is 8.40. The average Bonchev–Trinajstić information content (AvgIpc) is 3.62. The monoisotopic (exact) mass is 755 g/mol. The number of ether oxygens (including phenoxy) is 2. The molecule has 1 saturated heterocycles. The second-order valence-electron chi connectivity index (χ2n) is 16.2. The number of hydrogen-bond acceptors (Lipinski definition) is 9. The fourth-order valence-corrected chi connectivity index (χ4v) is 8.38. The van der Waals surface area contributed by atoms with Gasteiger partial charge in [-0.15, -0.1) is 0 Å². The molecule has 1 aliphatic heterocycles. The van der Waals surface area contributed by atoms with Gasteiger partial charge >= 0.3 is 0 Å². The first-order chi connectivity index (χ1) is 25.6. The third-order valence-electron chi connectivity index (χ3n) is 11.5. The molecule has 0 aliphatic carbocycles. The van der Waals surface area contributed by atoms with Crippen molar-refractivity contribution in [2.45, 2.75) is 123 Å². The first-order valence-corrected chi connectivity index (χ1v) is 19.9. The molecule has 54 heavy (non-hydrogen) atoms. The van der Waals surface area contributed by atoms with E-state index < -0.39 is 30.5 Å². The number of fused-ring (bicyclic) bond motifs is 1. The van der Waals surface area contributed by atoms with Crippen molar-refractivity contribution in [2.24, 2.45) is 23.7 Å². The summed E-state index contributed by atoms with van der Waals surface area (Å²) in [5.74, 6) is -0.853. The number of aliphatic hydroxyl groups excluding tert-OH is 1. The summed E-state index contributed by atoms with van der Waals surface area (Å²) in [6.45, 7) is 15.0. The van der Waals surface area contributed by atoms with Crippen LogP contribution in [0.15, 0.2) is 36.5 Å². The van der Waals surface area contributed by atoms with Crippen molar-refractivity contribution in [3.05, 3.63) is 42.2 Å². The molecule has 1 aliphatic rings. The maximum atomic E-state index is 14.2. The molecule has 1 aromatic heterocycles. The molecule has 12 nitrogen and oxygen atoms in total. The van der Waals surface area contributed by atoms with Crippen molar-refractivity contribution in [1.29, 1.82) is 0 Å². The van der Waals surface area contributed by atoms with Gasteiger partial charge in [0.25, 0.3) is 0 Å². The van der Waals surface area contributed by atoms with Crippen molar-refractivity contribution in [2.75, 3.05) is 48.5 Å². The van der Waals surface area contributed by atoms with Gasteiger partial charge in [0.2, 0.25) is 17.7 Å². The van der Waals surface area contributed by atoms with Gasteiger partial charge in [-0.05, 0) is 56.1 Å². The molecule has 0 bridgehead atoms. The Morgan fingerprint density at radius 3 is 2.28 bits per heavy atom. The summed E-state index contributed by atoms with van der Waals surface area (Å²) in [5, 5.41) is 19.8. The van der Waals surface area contributed by atoms with E-state index in [0.29, 0.717) is 19.5 Å². The van der Waals surface area contributed by atoms with Gasteiger partial charge in [0, 0.05) is 64.0 Å². The number of methoxy groups -OCH3 is 2. The van der Waals surface area contributed by atoms with E-state index in [0.717, 1.165) is 35.7 Å². The maximum absolute atomic E-state index is 14.2. The van der Waals surface area contributed by atoms with Crippen molar-refractivity contribution >= 4 is 28.5 Å². The van der Waals surface area contributed by atoms with E-state index in [4.69, 9.17) is 9.47 Å². The van der Waals surface area contributed by atoms with E-state index in [-0.39, 0.29) is 59.9 Å². The number of amides is 3. The van der Waals surface area contributed by atoms with Crippen LogP contribution in [0, 0.1) is 23.7 Å². The quantitative estimate of drug-likeness (QED) is 0.159. The number of likely N-dealkylation sites (N-methyl/N-ethyl adjacent to an activating group) is 2. The highest BCUT2D eigenvalue weighted by atomic mass is 16.5. The van der Waals surface area contributed by atoms with Crippen LogP contribution in [-0.2, 0) is 30.3 Å². The molecule has 3 N–H and O–H groups in total. The molecule has 304 valence electrons. The fourth-order valence-electron chi connectivity index (χ4n) is 8.38. The summed E-state index contributed by atoms with van der Waals surface area (Å²) in [4.78, 5) is 51.9. The van der Waals surface area contributed by atoms with Gasteiger partial charge < -0.3 is 29.7 Å². The van der Waals surface area contributed by atoms with Gasteiger partial charge in [-0.25, -0.2) is 0 Å². The van der Waals surface area contributed by atoms with Crippen molar-refractivity contribution in [1.82, 2.24) is 30.3 Å². The lowest BCUT2D eigenvalue weighted by molar-refractivity contribution is -0.147. The predicted octanol–water partition coefficient (Wildman–Crippen LogP) is 4.33. The number of aromatic nitrogens is 1. The largest absolute Gasteiger partial charge is 0.379 e. The summed E-state index contributed by atoms with van der Waals surface area (Å²) >= 11 is 0. The Hall–Kier alpha value is -3.16. The molecule has 0 radical (unpaired) electrons. The number of benzene rings is 1. The summed E-state index contributed by atoms with van der Waals surface area (Å²) in [7, 11) is 8.73. The van der Waals surface area contributed by atoms with Gasteiger partial charge in [0.1, 0.15) is 12.3 Å². The molecule has 1 fully saturated rings. The standard InChI is InChI=1S/C42H70N6O6/c1-13-28(6)38(47(10)42(52)36(26(2)3)45-41(51)37(27(4)5)46(8)9)34(53-11)25-35(49)48-24-16-19-33(48)39(54-12)29(7)40(50)44-23-21-32-31-18-15-14-17-30(31)20-22-43-32/h14-15,17-18,20,22,26-29,33-34,36-40,44,50H,13,16,19,21,23-25H2,1-12H3,(H,45,51)/t28-,29+,33-,34+,36-,37-,38?,39+,40?/m0/s1. The van der Waals surface area contributed by atoms with Gasteiger partial charge in [0.15, 0.2) is 0 Å². The van der Waals surface area contributed by atoms with Crippen molar-refractivity contribution < 1.29 is 29.0 Å². The SMILES string of the molecule is CC[C@H](C)C([C@@H](CC(=O)N1CCC[C@H]1[C@H](OC)[C@@H](C)C(O)NCCc1nccc2ccccc12)OC)N(C)C(=O)[C@@H](NC(=O)[C@H](C(C)C)N(C)C)C(C)C. The Bertz CT molecular complexity index is 1470. The Balaban J connectivity index is 1.72. The lowest BCUT2D eigenvalue weighted by Crippen LogP contribution is -2.59. The Morgan fingerprint density at radius 1 is 1.00 bits per heavy atom. The third-order valence-corrected chi connectivity index (χ3v) is 11.5. The molecular weight excluding hydrogens is 684 g/mol. The van der Waals surface area contributed by atoms with Crippen LogP contribution in [-0.4, -0.2) is 134 Å². The zero-order chi connectivity index (χ0) is 40.3. The van der Waals surface area contributed by atoms with Crippen molar-refractivity contribution in [3.8, 4) is 0 Å². The highest BCUT2D eigenvalue weighted by molar-refractivity contribution is 5.90. The van der Waals surface area contributed by atoms with E-state index in [9.17, 15) is 19.5 Å². The molecule has 12 heteroatoms.